The summed E-state index contributed by atoms with van der Waals surface area (Å²) in [4.78, 5) is 11.6. The lowest BCUT2D eigenvalue weighted by molar-refractivity contribution is -0.00526. The van der Waals surface area contributed by atoms with Crippen LogP contribution in [0.15, 0.2) is 29.3 Å². The van der Waals surface area contributed by atoms with Crippen LogP contribution in [0.3, 0.4) is 0 Å². The lowest BCUT2D eigenvalue weighted by atomic mass is 9.88. The number of likely N-dealkylation sites (N-methyl/N-ethyl adjacent to an activating group) is 1. The Kier molecular flexibility index (Phi) is 6.84. The minimum Gasteiger partial charge on any atom is -0.381 e. The fourth-order valence-electron chi connectivity index (χ4n) is 3.96. The quantitative estimate of drug-likeness (QED) is 0.627. The second-order valence-electron chi connectivity index (χ2n) is 7.59. The molecular weight excluding hydrogens is 362 g/mol. The molecule has 0 aliphatic carbocycles. The summed E-state index contributed by atoms with van der Waals surface area (Å²) in [5.74, 6) is 0.994. The summed E-state index contributed by atoms with van der Waals surface area (Å²) >= 11 is 6.14. The van der Waals surface area contributed by atoms with E-state index in [0.717, 1.165) is 69.8 Å². The number of halogens is 1. The highest BCUT2D eigenvalue weighted by molar-refractivity contribution is 6.30. The summed E-state index contributed by atoms with van der Waals surface area (Å²) in [6.07, 6.45) is 2.10. The van der Waals surface area contributed by atoms with Crippen LogP contribution in [0, 0.1) is 0 Å². The van der Waals surface area contributed by atoms with E-state index in [1.807, 2.05) is 25.2 Å². The van der Waals surface area contributed by atoms with Crippen molar-refractivity contribution in [3.8, 4) is 0 Å². The highest BCUT2D eigenvalue weighted by Crippen LogP contribution is 2.25. The molecule has 1 aromatic carbocycles. The van der Waals surface area contributed by atoms with Gasteiger partial charge in [0, 0.05) is 69.2 Å². The van der Waals surface area contributed by atoms with Gasteiger partial charge in [-0.15, -0.1) is 0 Å². The molecule has 0 bridgehead atoms. The topological polar surface area (TPSA) is 43.3 Å². The maximum Gasteiger partial charge on any atom is 0.193 e. The average molecular weight is 394 g/mol. The second kappa shape index (κ2) is 9.13. The van der Waals surface area contributed by atoms with E-state index in [1.54, 1.807) is 0 Å². The number of benzene rings is 1. The van der Waals surface area contributed by atoms with E-state index in [1.165, 1.54) is 5.69 Å². The molecule has 0 atom stereocenters. The Bertz CT molecular complexity index is 637. The lowest BCUT2D eigenvalue weighted by Crippen LogP contribution is -2.59. The van der Waals surface area contributed by atoms with Gasteiger partial charge < -0.3 is 24.8 Å². The van der Waals surface area contributed by atoms with Crippen LogP contribution >= 0.6 is 11.6 Å². The third-order valence-corrected chi connectivity index (χ3v) is 6.15. The van der Waals surface area contributed by atoms with Gasteiger partial charge in [-0.05, 0) is 45.1 Å². The summed E-state index contributed by atoms with van der Waals surface area (Å²) < 4.78 is 5.58. The first-order chi connectivity index (χ1) is 13.0. The largest absolute Gasteiger partial charge is 0.381 e. The van der Waals surface area contributed by atoms with Crippen LogP contribution in [-0.2, 0) is 4.74 Å². The summed E-state index contributed by atoms with van der Waals surface area (Å²) in [7, 11) is 6.21. The Labute approximate surface area is 168 Å². The molecule has 150 valence electrons. The average Bonchev–Trinajstić information content (AvgIpc) is 2.69. The van der Waals surface area contributed by atoms with Crippen LogP contribution in [0.2, 0.25) is 5.02 Å². The number of guanidine groups is 1. The molecule has 2 aliphatic rings. The van der Waals surface area contributed by atoms with Gasteiger partial charge in [0.15, 0.2) is 5.96 Å². The Morgan fingerprint density at radius 1 is 1.22 bits per heavy atom. The number of anilines is 1. The van der Waals surface area contributed by atoms with Crippen LogP contribution in [0.5, 0.6) is 0 Å². The molecule has 1 aromatic rings. The number of rotatable bonds is 4. The van der Waals surface area contributed by atoms with Gasteiger partial charge in [0.2, 0.25) is 0 Å². The maximum absolute atomic E-state index is 6.14. The number of aliphatic imine (C=N–C) groups is 1. The molecule has 2 aliphatic heterocycles. The summed E-state index contributed by atoms with van der Waals surface area (Å²) in [5.41, 5.74) is 1.33. The Balaban J connectivity index is 1.56. The lowest BCUT2D eigenvalue weighted by Gasteiger charge is -2.44. The first kappa shape index (κ1) is 20.2. The molecule has 6 nitrogen and oxygen atoms in total. The first-order valence-electron chi connectivity index (χ1n) is 9.75. The molecule has 0 unspecified atom stereocenters. The highest BCUT2D eigenvalue weighted by Gasteiger charge is 2.35. The van der Waals surface area contributed by atoms with E-state index in [0.29, 0.717) is 0 Å². The first-order valence-corrected chi connectivity index (χ1v) is 10.1. The van der Waals surface area contributed by atoms with Gasteiger partial charge >= 0.3 is 0 Å². The maximum atomic E-state index is 6.14. The Hall–Kier alpha value is -1.50. The van der Waals surface area contributed by atoms with E-state index >= 15 is 0 Å². The number of nitrogens with one attached hydrogen (secondary N) is 1. The van der Waals surface area contributed by atoms with Crippen LogP contribution in [-0.4, -0.2) is 88.4 Å². The fourth-order valence-corrected chi connectivity index (χ4v) is 4.14. The third-order valence-electron chi connectivity index (χ3n) is 5.91. The van der Waals surface area contributed by atoms with Crippen molar-refractivity contribution in [1.29, 1.82) is 0 Å². The van der Waals surface area contributed by atoms with E-state index < -0.39 is 0 Å². The molecule has 2 heterocycles. The summed E-state index contributed by atoms with van der Waals surface area (Å²) in [6.45, 7) is 6.38. The van der Waals surface area contributed by atoms with Crippen molar-refractivity contribution in [2.24, 2.45) is 4.99 Å². The zero-order valence-electron chi connectivity index (χ0n) is 16.7. The van der Waals surface area contributed by atoms with E-state index in [-0.39, 0.29) is 5.54 Å². The van der Waals surface area contributed by atoms with E-state index in [4.69, 9.17) is 16.3 Å². The number of piperazine rings is 1. The van der Waals surface area contributed by atoms with Crippen molar-refractivity contribution in [3.05, 3.63) is 29.3 Å². The molecule has 0 aromatic heterocycles. The normalized spacial score (nSPS) is 20.9. The molecule has 2 fully saturated rings. The molecular formula is C20H32ClN5O. The minimum atomic E-state index is 0.136. The Morgan fingerprint density at radius 2 is 1.93 bits per heavy atom. The third kappa shape index (κ3) is 4.86. The SMILES string of the molecule is CN=C(NCC1(N(C)C)CCOCC1)N1CCN(c2cccc(Cl)c2)CC1. The van der Waals surface area contributed by atoms with Crippen molar-refractivity contribution < 1.29 is 4.74 Å². The molecule has 1 N–H and O–H groups in total. The van der Waals surface area contributed by atoms with E-state index in [2.05, 4.69) is 45.2 Å². The number of nitrogens with zero attached hydrogens (tertiary/aromatic N) is 4. The molecule has 7 heteroatoms. The molecule has 3 rings (SSSR count). The highest BCUT2D eigenvalue weighted by atomic mass is 35.5. The van der Waals surface area contributed by atoms with E-state index in [9.17, 15) is 0 Å². The molecule has 0 amide bonds. The predicted octanol–water partition coefficient (Wildman–Crippen LogP) is 2.15. The number of ether oxygens (including phenoxy) is 1. The van der Waals surface area contributed by atoms with Gasteiger partial charge in [0.25, 0.3) is 0 Å². The van der Waals surface area contributed by atoms with Gasteiger partial charge in [-0.25, -0.2) is 0 Å². The minimum absolute atomic E-state index is 0.136. The van der Waals surface area contributed by atoms with Gasteiger partial charge in [-0.3, -0.25) is 4.99 Å². The van der Waals surface area contributed by atoms with Crippen LogP contribution in [0.4, 0.5) is 5.69 Å². The Morgan fingerprint density at radius 3 is 2.52 bits per heavy atom. The number of hydrogen-bond acceptors (Lipinski definition) is 4. The summed E-state index contributed by atoms with van der Waals surface area (Å²) in [5, 5.41) is 4.42. The smallest absolute Gasteiger partial charge is 0.193 e. The fraction of sp³-hybridized carbons (Fsp3) is 0.650. The van der Waals surface area contributed by atoms with Gasteiger partial charge in [-0.1, -0.05) is 17.7 Å². The zero-order chi connectivity index (χ0) is 19.3. The van der Waals surface area contributed by atoms with Gasteiger partial charge in [0.05, 0.1) is 0 Å². The zero-order valence-corrected chi connectivity index (χ0v) is 17.5. The van der Waals surface area contributed by atoms with Crippen molar-refractivity contribution in [3.63, 3.8) is 0 Å². The van der Waals surface area contributed by atoms with Crippen LogP contribution in [0.1, 0.15) is 12.8 Å². The van der Waals surface area contributed by atoms with Crippen LogP contribution in [0.25, 0.3) is 0 Å². The monoisotopic (exact) mass is 393 g/mol. The molecule has 0 radical (unpaired) electrons. The van der Waals surface area contributed by atoms with Gasteiger partial charge in [0.1, 0.15) is 0 Å². The molecule has 27 heavy (non-hydrogen) atoms. The van der Waals surface area contributed by atoms with Gasteiger partial charge in [-0.2, -0.15) is 0 Å². The van der Waals surface area contributed by atoms with Crippen molar-refractivity contribution in [2.45, 2.75) is 18.4 Å². The predicted molar refractivity (Wildman–Crippen MR) is 113 cm³/mol. The summed E-state index contributed by atoms with van der Waals surface area (Å²) in [6, 6.07) is 8.10. The van der Waals surface area contributed by atoms with Crippen molar-refractivity contribution in [2.75, 3.05) is 72.0 Å². The van der Waals surface area contributed by atoms with Crippen molar-refractivity contribution >= 4 is 23.2 Å². The number of hydrogen-bond donors (Lipinski definition) is 1. The molecule has 0 spiro atoms. The van der Waals surface area contributed by atoms with Crippen LogP contribution < -0.4 is 10.2 Å². The second-order valence-corrected chi connectivity index (χ2v) is 8.02. The standard InChI is InChI=1S/C20H32ClN5O/c1-22-19(23-16-20(24(2)3)7-13-27-14-8-20)26-11-9-25(10-12-26)18-6-4-5-17(21)15-18/h4-6,15H,7-14,16H2,1-3H3,(H,22,23). The molecule has 0 saturated carbocycles. The van der Waals surface area contributed by atoms with Crippen molar-refractivity contribution in [1.82, 2.24) is 15.1 Å². The molecule has 2 saturated heterocycles.